The number of hydrogen-bond acceptors (Lipinski definition) is 2. The predicted molar refractivity (Wildman–Crippen MR) is 82.0 cm³/mol. The maximum Gasteiger partial charge on any atom is 0.0525 e. The van der Waals surface area contributed by atoms with Gasteiger partial charge in [0.2, 0.25) is 0 Å². The van der Waals surface area contributed by atoms with Gasteiger partial charge in [0.25, 0.3) is 0 Å². The molecule has 2 heteroatoms. The molecule has 1 rings (SSSR count). The number of thiophene rings is 1. The third kappa shape index (κ3) is 5.25. The zero-order valence-corrected chi connectivity index (χ0v) is 13.1. The Labute approximate surface area is 116 Å². The Morgan fingerprint density at radius 1 is 1.28 bits per heavy atom. The molecule has 1 unspecified atom stereocenters. The normalized spacial score (nSPS) is 12.9. The fraction of sp³-hybridized carbons (Fsp3) is 0.625. The highest BCUT2D eigenvalue weighted by Gasteiger charge is 2.11. The predicted octanol–water partition coefficient (Wildman–Crippen LogP) is 4.40. The van der Waals surface area contributed by atoms with Gasteiger partial charge in [0.05, 0.1) is 6.04 Å². The van der Waals surface area contributed by atoms with Crippen molar-refractivity contribution in [2.75, 3.05) is 6.54 Å². The molecule has 0 aromatic carbocycles. The molecule has 0 saturated heterocycles. The van der Waals surface area contributed by atoms with Gasteiger partial charge in [-0.3, -0.25) is 0 Å². The molecule has 0 radical (unpaired) electrons. The quantitative estimate of drug-likeness (QED) is 0.776. The fourth-order valence-corrected chi connectivity index (χ4v) is 2.74. The average Bonchev–Trinajstić information content (AvgIpc) is 2.74. The lowest BCUT2D eigenvalue weighted by molar-refractivity contribution is 0.559. The Morgan fingerprint density at radius 2 is 2.00 bits per heavy atom. The van der Waals surface area contributed by atoms with Crippen LogP contribution >= 0.6 is 11.3 Å². The zero-order chi connectivity index (χ0) is 13.6. The second kappa shape index (κ2) is 6.97. The van der Waals surface area contributed by atoms with Crippen LogP contribution in [0.15, 0.2) is 12.1 Å². The van der Waals surface area contributed by atoms with Crippen LogP contribution in [0, 0.1) is 17.3 Å². The smallest absolute Gasteiger partial charge is 0.0525 e. The van der Waals surface area contributed by atoms with Crippen molar-refractivity contribution in [3.05, 3.63) is 21.9 Å². The van der Waals surface area contributed by atoms with E-state index in [2.05, 4.69) is 63.9 Å². The fourth-order valence-electron chi connectivity index (χ4n) is 1.71. The van der Waals surface area contributed by atoms with Crippen LogP contribution in [0.2, 0.25) is 0 Å². The molecule has 1 atom stereocenters. The van der Waals surface area contributed by atoms with Gasteiger partial charge in [-0.15, -0.1) is 17.3 Å². The monoisotopic (exact) mass is 263 g/mol. The summed E-state index contributed by atoms with van der Waals surface area (Å²) in [7, 11) is 0. The van der Waals surface area contributed by atoms with Crippen LogP contribution in [0.3, 0.4) is 0 Å². The Kier molecular flexibility index (Phi) is 5.91. The van der Waals surface area contributed by atoms with Crippen molar-refractivity contribution in [1.29, 1.82) is 0 Å². The summed E-state index contributed by atoms with van der Waals surface area (Å²) in [5, 5.41) is 3.53. The molecule has 1 nitrogen and oxygen atoms in total. The van der Waals surface area contributed by atoms with Crippen molar-refractivity contribution in [3.63, 3.8) is 0 Å². The van der Waals surface area contributed by atoms with Crippen molar-refractivity contribution < 1.29 is 0 Å². The van der Waals surface area contributed by atoms with Gasteiger partial charge in [-0.25, -0.2) is 0 Å². The van der Waals surface area contributed by atoms with Crippen LogP contribution in [0.25, 0.3) is 0 Å². The van der Waals surface area contributed by atoms with E-state index in [4.69, 9.17) is 0 Å². The molecule has 100 valence electrons. The van der Waals surface area contributed by atoms with E-state index in [1.54, 1.807) is 0 Å². The molecular formula is C16H25NS. The lowest BCUT2D eigenvalue weighted by Crippen LogP contribution is -2.19. The molecule has 1 heterocycles. The maximum atomic E-state index is 3.53. The first-order valence-electron chi connectivity index (χ1n) is 6.78. The lowest BCUT2D eigenvalue weighted by atomic mass is 9.97. The molecule has 1 aromatic rings. The SMILES string of the molecule is CCNC(CC#CC(C)(C)C)c1ccc(CC)s1. The van der Waals surface area contributed by atoms with Gasteiger partial charge in [-0.2, -0.15) is 0 Å². The van der Waals surface area contributed by atoms with Gasteiger partial charge in [0, 0.05) is 21.6 Å². The van der Waals surface area contributed by atoms with Crippen LogP contribution in [0.4, 0.5) is 0 Å². The molecule has 0 saturated carbocycles. The number of aryl methyl sites for hydroxylation is 1. The molecule has 0 aliphatic carbocycles. The van der Waals surface area contributed by atoms with E-state index >= 15 is 0 Å². The van der Waals surface area contributed by atoms with Crippen molar-refractivity contribution in [2.24, 2.45) is 5.41 Å². The highest BCUT2D eigenvalue weighted by Crippen LogP contribution is 2.26. The van der Waals surface area contributed by atoms with Crippen LogP contribution in [0.5, 0.6) is 0 Å². The standard InChI is InChI=1S/C16H25NS/c1-6-13-10-11-15(18-13)14(17-7-2)9-8-12-16(3,4)5/h10-11,14,17H,6-7,9H2,1-5H3. The maximum absolute atomic E-state index is 3.53. The third-order valence-electron chi connectivity index (χ3n) is 2.59. The highest BCUT2D eigenvalue weighted by molar-refractivity contribution is 7.12. The first-order chi connectivity index (χ1) is 8.46. The number of nitrogens with one attached hydrogen (secondary N) is 1. The molecule has 1 N–H and O–H groups in total. The minimum atomic E-state index is 0.0980. The molecule has 1 aromatic heterocycles. The average molecular weight is 263 g/mol. The lowest BCUT2D eigenvalue weighted by Gasteiger charge is -2.14. The van der Waals surface area contributed by atoms with Crippen molar-refractivity contribution in [2.45, 2.75) is 53.5 Å². The Bertz CT molecular complexity index is 414. The van der Waals surface area contributed by atoms with Crippen LogP contribution < -0.4 is 5.32 Å². The second-order valence-electron chi connectivity index (χ2n) is 5.52. The van der Waals surface area contributed by atoms with Crippen molar-refractivity contribution in [1.82, 2.24) is 5.32 Å². The molecule has 0 bridgehead atoms. The summed E-state index contributed by atoms with van der Waals surface area (Å²) in [4.78, 5) is 2.87. The van der Waals surface area contributed by atoms with E-state index in [0.717, 1.165) is 19.4 Å². The highest BCUT2D eigenvalue weighted by atomic mass is 32.1. The minimum absolute atomic E-state index is 0.0980. The molecule has 0 amide bonds. The first-order valence-corrected chi connectivity index (χ1v) is 7.60. The zero-order valence-electron chi connectivity index (χ0n) is 12.3. The third-order valence-corrected chi connectivity index (χ3v) is 3.94. The van der Waals surface area contributed by atoms with Gasteiger partial charge in [0.1, 0.15) is 0 Å². The first kappa shape index (κ1) is 15.3. The Hall–Kier alpha value is -0.780. The van der Waals surface area contributed by atoms with Crippen molar-refractivity contribution >= 4 is 11.3 Å². The van der Waals surface area contributed by atoms with Crippen LogP contribution in [-0.4, -0.2) is 6.54 Å². The second-order valence-corrected chi connectivity index (χ2v) is 6.72. The van der Waals surface area contributed by atoms with Crippen LogP contribution in [-0.2, 0) is 6.42 Å². The van der Waals surface area contributed by atoms with E-state index in [9.17, 15) is 0 Å². The van der Waals surface area contributed by atoms with E-state index in [-0.39, 0.29) is 5.41 Å². The topological polar surface area (TPSA) is 12.0 Å². The van der Waals surface area contributed by atoms with Gasteiger partial charge in [-0.05, 0) is 45.9 Å². The summed E-state index contributed by atoms with van der Waals surface area (Å²) in [5.41, 5.74) is 0.0980. The molecular weight excluding hydrogens is 238 g/mol. The Morgan fingerprint density at radius 3 is 2.50 bits per heavy atom. The van der Waals surface area contributed by atoms with Crippen molar-refractivity contribution in [3.8, 4) is 11.8 Å². The van der Waals surface area contributed by atoms with E-state index in [1.807, 2.05) is 11.3 Å². The van der Waals surface area contributed by atoms with Gasteiger partial charge in [-0.1, -0.05) is 19.8 Å². The van der Waals surface area contributed by atoms with Crippen LogP contribution in [0.1, 0.15) is 56.8 Å². The van der Waals surface area contributed by atoms with E-state index in [1.165, 1.54) is 9.75 Å². The molecule has 0 spiro atoms. The van der Waals surface area contributed by atoms with Gasteiger partial charge < -0.3 is 5.32 Å². The summed E-state index contributed by atoms with van der Waals surface area (Å²) in [5.74, 6) is 6.65. The van der Waals surface area contributed by atoms with E-state index in [0.29, 0.717) is 6.04 Å². The Balaban J connectivity index is 2.72. The van der Waals surface area contributed by atoms with Gasteiger partial charge in [0.15, 0.2) is 0 Å². The number of rotatable bonds is 5. The summed E-state index contributed by atoms with van der Waals surface area (Å²) in [6.45, 7) is 11.8. The summed E-state index contributed by atoms with van der Waals surface area (Å²) >= 11 is 1.91. The number of hydrogen-bond donors (Lipinski definition) is 1. The molecule has 0 fully saturated rings. The largest absolute Gasteiger partial charge is 0.309 e. The molecule has 0 aliphatic rings. The summed E-state index contributed by atoms with van der Waals surface area (Å²) in [6, 6.07) is 4.87. The summed E-state index contributed by atoms with van der Waals surface area (Å²) < 4.78 is 0. The van der Waals surface area contributed by atoms with E-state index < -0.39 is 0 Å². The minimum Gasteiger partial charge on any atom is -0.309 e. The van der Waals surface area contributed by atoms with Gasteiger partial charge >= 0.3 is 0 Å². The molecule has 0 aliphatic heterocycles. The molecule has 18 heavy (non-hydrogen) atoms. The summed E-state index contributed by atoms with van der Waals surface area (Å²) in [6.07, 6.45) is 2.02.